The molecule has 0 saturated carbocycles. The summed E-state index contributed by atoms with van der Waals surface area (Å²) in [6.07, 6.45) is 3.50. The molecule has 0 fully saturated rings. The Bertz CT molecular complexity index is 689. The van der Waals surface area contributed by atoms with Crippen LogP contribution < -0.4 is 5.32 Å². The molecule has 0 aliphatic heterocycles. The maximum Gasteiger partial charge on any atom is 0.254 e. The number of amides is 2. The van der Waals surface area contributed by atoms with Crippen molar-refractivity contribution >= 4 is 23.6 Å². The van der Waals surface area contributed by atoms with E-state index in [9.17, 15) is 9.59 Å². The molecule has 0 aliphatic carbocycles. The van der Waals surface area contributed by atoms with Crippen molar-refractivity contribution in [2.75, 3.05) is 20.4 Å². The lowest BCUT2D eigenvalue weighted by atomic mass is 10.1. The number of carbonyl (C=O) groups excluding carboxylic acids is 2. The summed E-state index contributed by atoms with van der Waals surface area (Å²) in [6, 6.07) is 11.9. The molecule has 0 saturated heterocycles. The molecule has 1 heterocycles. The number of benzene rings is 1. The second-order valence-electron chi connectivity index (χ2n) is 5.11. The molecule has 0 aliphatic rings. The van der Waals surface area contributed by atoms with Crippen LogP contribution in [-0.4, -0.2) is 42.0 Å². The average Bonchev–Trinajstić information content (AvgIpc) is 2.59. The number of thioether (sulfide) groups is 1. The molecule has 0 unspecified atom stereocenters. The zero-order valence-electron chi connectivity index (χ0n) is 13.3. The Balaban J connectivity index is 2.31. The molecular weight excluding hydrogens is 310 g/mol. The molecule has 2 aromatic rings. The third kappa shape index (κ3) is 4.10. The first-order valence-electron chi connectivity index (χ1n) is 7.10. The number of nitrogens with one attached hydrogen (secondary N) is 1. The summed E-state index contributed by atoms with van der Waals surface area (Å²) >= 11 is 1.39. The van der Waals surface area contributed by atoms with Crippen LogP contribution >= 0.6 is 11.8 Å². The third-order valence-corrected chi connectivity index (χ3v) is 4.02. The minimum atomic E-state index is -0.728. The van der Waals surface area contributed by atoms with Gasteiger partial charge in [-0.1, -0.05) is 30.3 Å². The number of likely N-dealkylation sites (N-methyl/N-ethyl adjacent to an activating group) is 1. The molecule has 1 N–H and O–H groups in total. The van der Waals surface area contributed by atoms with Gasteiger partial charge in [0, 0.05) is 20.3 Å². The quantitative estimate of drug-likeness (QED) is 0.856. The van der Waals surface area contributed by atoms with E-state index in [1.807, 2.05) is 36.6 Å². The topological polar surface area (TPSA) is 62.3 Å². The van der Waals surface area contributed by atoms with Crippen LogP contribution in [0.15, 0.2) is 53.7 Å². The van der Waals surface area contributed by atoms with Crippen molar-refractivity contribution in [2.24, 2.45) is 0 Å². The summed E-state index contributed by atoms with van der Waals surface area (Å²) in [4.78, 5) is 30.7. The van der Waals surface area contributed by atoms with Gasteiger partial charge in [0.05, 0.1) is 5.56 Å². The Morgan fingerprint density at radius 3 is 2.43 bits per heavy atom. The van der Waals surface area contributed by atoms with Crippen molar-refractivity contribution in [3.05, 3.63) is 59.8 Å². The molecule has 2 rings (SSSR count). The van der Waals surface area contributed by atoms with Gasteiger partial charge in [-0.25, -0.2) is 4.98 Å². The maximum absolute atomic E-state index is 12.6. The van der Waals surface area contributed by atoms with Crippen LogP contribution in [0.25, 0.3) is 0 Å². The van der Waals surface area contributed by atoms with Gasteiger partial charge in [0.15, 0.2) is 0 Å². The minimum absolute atomic E-state index is 0.181. The molecule has 1 atom stereocenters. The van der Waals surface area contributed by atoms with Gasteiger partial charge in [0.1, 0.15) is 11.1 Å². The first-order valence-corrected chi connectivity index (χ1v) is 8.33. The highest BCUT2D eigenvalue weighted by molar-refractivity contribution is 7.98. The number of rotatable bonds is 5. The Hall–Kier alpha value is -2.34. The predicted molar refractivity (Wildman–Crippen MR) is 91.4 cm³/mol. The van der Waals surface area contributed by atoms with Gasteiger partial charge in [-0.3, -0.25) is 9.59 Å². The molecule has 0 spiro atoms. The van der Waals surface area contributed by atoms with Crippen LogP contribution in [-0.2, 0) is 4.79 Å². The molecule has 5 nitrogen and oxygen atoms in total. The first-order chi connectivity index (χ1) is 11.0. The number of nitrogens with zero attached hydrogens (tertiary/aromatic N) is 2. The zero-order valence-corrected chi connectivity index (χ0v) is 14.1. The van der Waals surface area contributed by atoms with Gasteiger partial charge < -0.3 is 10.2 Å². The van der Waals surface area contributed by atoms with E-state index < -0.39 is 6.04 Å². The predicted octanol–water partition coefficient (Wildman–Crippen LogP) is 2.36. The molecule has 2 amide bonds. The van der Waals surface area contributed by atoms with Crippen molar-refractivity contribution in [2.45, 2.75) is 11.1 Å². The Labute approximate surface area is 140 Å². The maximum atomic E-state index is 12.6. The Kier molecular flexibility index (Phi) is 5.76. The van der Waals surface area contributed by atoms with E-state index in [-0.39, 0.29) is 11.8 Å². The number of pyridine rings is 1. The summed E-state index contributed by atoms with van der Waals surface area (Å²) in [6.45, 7) is 0. The van der Waals surface area contributed by atoms with Gasteiger partial charge in [0.25, 0.3) is 5.91 Å². The lowest BCUT2D eigenvalue weighted by molar-refractivity contribution is -0.130. The number of hydrogen-bond donors (Lipinski definition) is 1. The summed E-state index contributed by atoms with van der Waals surface area (Å²) in [5.41, 5.74) is 1.21. The van der Waals surface area contributed by atoms with E-state index in [2.05, 4.69) is 10.3 Å². The molecular formula is C17H19N3O2S. The van der Waals surface area contributed by atoms with Gasteiger partial charge in [0.2, 0.25) is 5.91 Å². The van der Waals surface area contributed by atoms with Crippen LogP contribution in [0.2, 0.25) is 0 Å². The van der Waals surface area contributed by atoms with Crippen LogP contribution in [0.5, 0.6) is 0 Å². The summed E-state index contributed by atoms with van der Waals surface area (Å²) in [7, 11) is 3.34. The fourth-order valence-electron chi connectivity index (χ4n) is 2.13. The molecule has 1 aromatic carbocycles. The Morgan fingerprint density at radius 1 is 1.13 bits per heavy atom. The smallest absolute Gasteiger partial charge is 0.254 e. The molecule has 0 radical (unpaired) electrons. The second-order valence-corrected chi connectivity index (χ2v) is 5.91. The zero-order chi connectivity index (χ0) is 16.8. The highest BCUT2D eigenvalue weighted by Crippen LogP contribution is 2.20. The lowest BCUT2D eigenvalue weighted by Gasteiger charge is -2.22. The van der Waals surface area contributed by atoms with E-state index in [0.29, 0.717) is 10.6 Å². The Morgan fingerprint density at radius 2 is 1.83 bits per heavy atom. The van der Waals surface area contributed by atoms with E-state index in [1.54, 1.807) is 32.4 Å². The highest BCUT2D eigenvalue weighted by atomic mass is 32.2. The fourth-order valence-corrected chi connectivity index (χ4v) is 2.67. The van der Waals surface area contributed by atoms with Gasteiger partial charge in [-0.15, -0.1) is 11.8 Å². The summed E-state index contributed by atoms with van der Waals surface area (Å²) in [5.74, 6) is -0.495. The van der Waals surface area contributed by atoms with Crippen molar-refractivity contribution < 1.29 is 9.59 Å². The van der Waals surface area contributed by atoms with Crippen LogP contribution in [0.3, 0.4) is 0 Å². The van der Waals surface area contributed by atoms with E-state index in [4.69, 9.17) is 0 Å². The monoisotopic (exact) mass is 329 g/mol. The summed E-state index contributed by atoms with van der Waals surface area (Å²) in [5, 5.41) is 3.46. The van der Waals surface area contributed by atoms with Gasteiger partial charge >= 0.3 is 0 Å². The van der Waals surface area contributed by atoms with Crippen molar-refractivity contribution in [3.8, 4) is 0 Å². The first kappa shape index (κ1) is 17.0. The van der Waals surface area contributed by atoms with Crippen molar-refractivity contribution in [1.29, 1.82) is 0 Å². The summed E-state index contributed by atoms with van der Waals surface area (Å²) < 4.78 is 0. The normalized spacial score (nSPS) is 11.6. The number of aromatic nitrogens is 1. The standard InChI is InChI=1S/C17H19N3O2S/c1-20(2)17(22)14(12-8-5-4-6-9-12)19-15(21)13-10-7-11-18-16(13)23-3/h4-11,14H,1-3H3,(H,19,21)/t14-/m1/s1. The molecule has 23 heavy (non-hydrogen) atoms. The SMILES string of the molecule is CSc1ncccc1C(=O)N[C@@H](C(=O)N(C)C)c1ccccc1. The second kappa shape index (κ2) is 7.78. The molecule has 120 valence electrons. The van der Waals surface area contributed by atoms with Crippen molar-refractivity contribution in [3.63, 3.8) is 0 Å². The van der Waals surface area contributed by atoms with E-state index in [0.717, 1.165) is 5.56 Å². The average molecular weight is 329 g/mol. The lowest BCUT2D eigenvalue weighted by Crippen LogP contribution is -2.40. The van der Waals surface area contributed by atoms with Gasteiger partial charge in [-0.05, 0) is 24.0 Å². The molecule has 6 heteroatoms. The number of carbonyl (C=O) groups is 2. The van der Waals surface area contributed by atoms with Crippen LogP contribution in [0.1, 0.15) is 22.0 Å². The van der Waals surface area contributed by atoms with Crippen molar-refractivity contribution in [1.82, 2.24) is 15.2 Å². The molecule has 0 bridgehead atoms. The van der Waals surface area contributed by atoms with Gasteiger partial charge in [-0.2, -0.15) is 0 Å². The number of hydrogen-bond acceptors (Lipinski definition) is 4. The van der Waals surface area contributed by atoms with E-state index >= 15 is 0 Å². The minimum Gasteiger partial charge on any atom is -0.347 e. The highest BCUT2D eigenvalue weighted by Gasteiger charge is 2.25. The van der Waals surface area contributed by atoms with Crippen LogP contribution in [0, 0.1) is 0 Å². The fraction of sp³-hybridized carbons (Fsp3) is 0.235. The molecule has 1 aromatic heterocycles. The largest absolute Gasteiger partial charge is 0.347 e. The van der Waals surface area contributed by atoms with Crippen LogP contribution in [0.4, 0.5) is 0 Å². The van der Waals surface area contributed by atoms with E-state index in [1.165, 1.54) is 16.7 Å². The third-order valence-electron chi connectivity index (χ3n) is 3.31.